The highest BCUT2D eigenvalue weighted by Crippen LogP contribution is 2.27. The van der Waals surface area contributed by atoms with E-state index >= 15 is 0 Å². The number of carbonyl (C=O) groups is 2. The Morgan fingerprint density at radius 3 is 2.74 bits per heavy atom. The Morgan fingerprint density at radius 1 is 1.47 bits per heavy atom. The molecule has 1 aliphatic rings. The first-order valence-corrected chi connectivity index (χ1v) is 7.46. The fourth-order valence-electron chi connectivity index (χ4n) is 2.08. The molecule has 102 valence electrons. The summed E-state index contributed by atoms with van der Waals surface area (Å²) in [5.74, 6) is -0.883. The van der Waals surface area contributed by atoms with E-state index < -0.39 is 5.97 Å². The van der Waals surface area contributed by atoms with Crippen molar-refractivity contribution in [1.29, 1.82) is 0 Å². The fourth-order valence-corrected chi connectivity index (χ4v) is 2.72. The fraction of sp³-hybridized carbons (Fsp3) is 0.385. The first kappa shape index (κ1) is 14.2. The van der Waals surface area contributed by atoms with Gasteiger partial charge in [0.1, 0.15) is 0 Å². The number of carboxylic acid groups (broad SMARTS) is 1. The molecule has 1 saturated heterocycles. The lowest BCUT2D eigenvalue weighted by Gasteiger charge is -2.38. The average Bonchev–Trinajstić information content (AvgIpc) is 2.33. The molecule has 4 nitrogen and oxygen atoms in total. The molecule has 1 aliphatic heterocycles. The van der Waals surface area contributed by atoms with Gasteiger partial charge in [0, 0.05) is 23.9 Å². The second kappa shape index (κ2) is 5.84. The summed E-state index contributed by atoms with van der Waals surface area (Å²) in [7, 11) is 0. The number of nitrogens with zero attached hydrogens (tertiary/aromatic N) is 1. The van der Waals surface area contributed by atoms with Gasteiger partial charge in [-0.05, 0) is 24.5 Å². The van der Waals surface area contributed by atoms with Crippen LogP contribution in [0.15, 0.2) is 23.1 Å². The summed E-state index contributed by atoms with van der Waals surface area (Å²) in [6.45, 7) is 0.982. The molecular formula is C13H14ClNO3S. The van der Waals surface area contributed by atoms with E-state index in [4.69, 9.17) is 16.7 Å². The topological polar surface area (TPSA) is 57.6 Å². The molecule has 0 atom stereocenters. The maximum absolute atomic E-state index is 12.2. The molecule has 0 unspecified atom stereocenters. The van der Waals surface area contributed by atoms with E-state index in [9.17, 15) is 9.59 Å². The highest BCUT2D eigenvalue weighted by atomic mass is 35.5. The van der Waals surface area contributed by atoms with Crippen molar-refractivity contribution in [3.63, 3.8) is 0 Å². The van der Waals surface area contributed by atoms with Crippen LogP contribution in [0.25, 0.3) is 0 Å². The molecule has 0 saturated carbocycles. The standard InChI is InChI=1S/C13H14ClNO3S/c1-19-9-2-3-11(14)10(5-9)13(18)15-6-8(7-15)4-12(16)17/h2-3,5,8H,4,6-7H2,1H3,(H,16,17). The Labute approximate surface area is 120 Å². The van der Waals surface area contributed by atoms with Gasteiger partial charge in [0.05, 0.1) is 17.0 Å². The molecule has 0 spiro atoms. The van der Waals surface area contributed by atoms with Gasteiger partial charge in [-0.2, -0.15) is 0 Å². The van der Waals surface area contributed by atoms with Crippen molar-refractivity contribution in [2.24, 2.45) is 5.92 Å². The minimum Gasteiger partial charge on any atom is -0.481 e. The maximum atomic E-state index is 12.2. The highest BCUT2D eigenvalue weighted by Gasteiger charge is 2.33. The molecular weight excluding hydrogens is 286 g/mol. The molecule has 2 rings (SSSR count). The van der Waals surface area contributed by atoms with E-state index in [-0.39, 0.29) is 18.2 Å². The molecule has 0 bridgehead atoms. The van der Waals surface area contributed by atoms with Gasteiger partial charge >= 0.3 is 5.97 Å². The zero-order chi connectivity index (χ0) is 14.0. The molecule has 19 heavy (non-hydrogen) atoms. The Morgan fingerprint density at radius 2 is 2.16 bits per heavy atom. The van der Waals surface area contributed by atoms with Crippen molar-refractivity contribution >= 4 is 35.2 Å². The van der Waals surface area contributed by atoms with Gasteiger partial charge in [0.2, 0.25) is 0 Å². The summed E-state index contributed by atoms with van der Waals surface area (Å²) < 4.78 is 0. The Kier molecular flexibility index (Phi) is 4.37. The van der Waals surface area contributed by atoms with Crippen molar-refractivity contribution in [3.8, 4) is 0 Å². The summed E-state index contributed by atoms with van der Waals surface area (Å²) in [5.41, 5.74) is 0.488. The molecule has 1 aromatic rings. The van der Waals surface area contributed by atoms with Gasteiger partial charge in [-0.1, -0.05) is 11.6 Å². The number of benzene rings is 1. The molecule has 6 heteroatoms. The minimum absolute atomic E-state index is 0.0592. The highest BCUT2D eigenvalue weighted by molar-refractivity contribution is 7.98. The second-order valence-electron chi connectivity index (χ2n) is 4.52. The van der Waals surface area contributed by atoms with Crippen LogP contribution in [0.3, 0.4) is 0 Å². The summed E-state index contributed by atoms with van der Waals surface area (Å²) >= 11 is 7.59. The largest absolute Gasteiger partial charge is 0.481 e. The second-order valence-corrected chi connectivity index (χ2v) is 5.81. The molecule has 1 N–H and O–H groups in total. The third-order valence-electron chi connectivity index (χ3n) is 3.11. The number of carboxylic acids is 1. The smallest absolute Gasteiger partial charge is 0.303 e. The third-order valence-corrected chi connectivity index (χ3v) is 4.17. The van der Waals surface area contributed by atoms with Crippen LogP contribution < -0.4 is 0 Å². The molecule has 0 radical (unpaired) electrons. The van der Waals surface area contributed by atoms with E-state index in [0.717, 1.165) is 4.90 Å². The molecule has 1 heterocycles. The number of thioether (sulfide) groups is 1. The van der Waals surface area contributed by atoms with Gasteiger partial charge in [0.15, 0.2) is 0 Å². The average molecular weight is 300 g/mol. The number of hydrogen-bond acceptors (Lipinski definition) is 3. The number of amides is 1. The van der Waals surface area contributed by atoms with Crippen molar-refractivity contribution in [2.75, 3.05) is 19.3 Å². The lowest BCUT2D eigenvalue weighted by Crippen LogP contribution is -2.50. The molecule has 1 aromatic carbocycles. The first-order chi connectivity index (χ1) is 9.01. The molecule has 0 aromatic heterocycles. The van der Waals surface area contributed by atoms with Crippen LogP contribution in [0.2, 0.25) is 5.02 Å². The van der Waals surface area contributed by atoms with E-state index in [0.29, 0.717) is 23.7 Å². The summed E-state index contributed by atoms with van der Waals surface area (Å²) in [5, 5.41) is 9.11. The van der Waals surface area contributed by atoms with E-state index in [1.54, 1.807) is 28.8 Å². The zero-order valence-corrected chi connectivity index (χ0v) is 12.0. The van der Waals surface area contributed by atoms with Crippen molar-refractivity contribution < 1.29 is 14.7 Å². The molecule has 1 amide bonds. The van der Waals surface area contributed by atoms with Gasteiger partial charge < -0.3 is 10.0 Å². The van der Waals surface area contributed by atoms with Crippen LogP contribution in [0.5, 0.6) is 0 Å². The predicted octanol–water partition coefficient (Wildman–Crippen LogP) is 2.61. The lowest BCUT2D eigenvalue weighted by molar-refractivity contribution is -0.139. The number of likely N-dealkylation sites (tertiary alicyclic amines) is 1. The maximum Gasteiger partial charge on any atom is 0.303 e. The third kappa shape index (κ3) is 3.22. The number of aliphatic carboxylic acids is 1. The quantitative estimate of drug-likeness (QED) is 0.868. The lowest BCUT2D eigenvalue weighted by atomic mass is 9.95. The molecule has 1 fully saturated rings. The first-order valence-electron chi connectivity index (χ1n) is 5.86. The normalized spacial score (nSPS) is 15.2. The van der Waals surface area contributed by atoms with E-state index in [1.165, 1.54) is 0 Å². The summed E-state index contributed by atoms with van der Waals surface area (Å²) in [6.07, 6.45) is 2.05. The zero-order valence-electron chi connectivity index (χ0n) is 10.4. The van der Waals surface area contributed by atoms with Crippen LogP contribution in [-0.4, -0.2) is 41.2 Å². The van der Waals surface area contributed by atoms with Gasteiger partial charge in [0.25, 0.3) is 5.91 Å². The van der Waals surface area contributed by atoms with Crippen LogP contribution in [-0.2, 0) is 4.79 Å². The van der Waals surface area contributed by atoms with Crippen molar-refractivity contribution in [1.82, 2.24) is 4.90 Å². The van der Waals surface area contributed by atoms with Crippen LogP contribution in [0.4, 0.5) is 0 Å². The van der Waals surface area contributed by atoms with Gasteiger partial charge in [-0.3, -0.25) is 9.59 Å². The van der Waals surface area contributed by atoms with Crippen molar-refractivity contribution in [2.45, 2.75) is 11.3 Å². The van der Waals surface area contributed by atoms with Crippen LogP contribution in [0, 0.1) is 5.92 Å². The number of rotatable bonds is 4. The van der Waals surface area contributed by atoms with Gasteiger partial charge in [-0.25, -0.2) is 0 Å². The number of hydrogen-bond donors (Lipinski definition) is 1. The molecule has 0 aliphatic carbocycles. The van der Waals surface area contributed by atoms with E-state index in [2.05, 4.69) is 0 Å². The van der Waals surface area contributed by atoms with Crippen LogP contribution >= 0.6 is 23.4 Å². The number of halogens is 1. The summed E-state index contributed by atoms with van der Waals surface area (Å²) in [4.78, 5) is 25.4. The Bertz CT molecular complexity index is 515. The summed E-state index contributed by atoms with van der Waals surface area (Å²) in [6, 6.07) is 5.36. The Balaban J connectivity index is 2.03. The Hall–Kier alpha value is -1.20. The number of carbonyl (C=O) groups excluding carboxylic acids is 1. The SMILES string of the molecule is CSc1ccc(Cl)c(C(=O)N2CC(CC(=O)O)C2)c1. The monoisotopic (exact) mass is 299 g/mol. The van der Waals surface area contributed by atoms with Crippen LogP contribution in [0.1, 0.15) is 16.8 Å². The van der Waals surface area contributed by atoms with Gasteiger partial charge in [-0.15, -0.1) is 11.8 Å². The van der Waals surface area contributed by atoms with E-state index in [1.807, 2.05) is 12.3 Å². The van der Waals surface area contributed by atoms with Crippen molar-refractivity contribution in [3.05, 3.63) is 28.8 Å². The minimum atomic E-state index is -0.820. The predicted molar refractivity (Wildman–Crippen MR) is 74.9 cm³/mol.